The molecule has 0 fully saturated rings. The van der Waals surface area contributed by atoms with Gasteiger partial charge in [-0.3, -0.25) is 0 Å². The van der Waals surface area contributed by atoms with E-state index >= 15 is 0 Å². The Balaban J connectivity index is 2.21. The molecule has 0 bridgehead atoms. The monoisotopic (exact) mass is 386 g/mol. The topological polar surface area (TPSA) is 55.0 Å². The van der Waals surface area contributed by atoms with Crippen LogP contribution < -0.4 is 10.6 Å². The van der Waals surface area contributed by atoms with Gasteiger partial charge in [-0.2, -0.15) is 0 Å². The standard InChI is InChI=1S/C14H19BrN4S2/c1-4-11(16)12(9-5-7-10(15)8-6-9)20-14-18-17-13(21-14)19(2)3/h5-8,11-12H,4,16H2,1-3H3. The number of nitrogens with two attached hydrogens (primary N) is 1. The lowest BCUT2D eigenvalue weighted by Crippen LogP contribution is -2.25. The first-order chi connectivity index (χ1) is 10.0. The zero-order chi connectivity index (χ0) is 15.4. The molecular formula is C14H19BrN4S2. The highest BCUT2D eigenvalue weighted by atomic mass is 79.9. The van der Waals surface area contributed by atoms with Gasteiger partial charge in [0, 0.05) is 24.6 Å². The summed E-state index contributed by atoms with van der Waals surface area (Å²) in [5, 5.41) is 9.55. The van der Waals surface area contributed by atoms with Crippen molar-refractivity contribution in [2.75, 3.05) is 19.0 Å². The molecule has 0 aliphatic carbocycles. The van der Waals surface area contributed by atoms with Crippen LogP contribution in [0.15, 0.2) is 33.1 Å². The molecule has 2 N–H and O–H groups in total. The lowest BCUT2D eigenvalue weighted by Gasteiger charge is -2.21. The van der Waals surface area contributed by atoms with Crippen LogP contribution in [0.1, 0.15) is 24.2 Å². The van der Waals surface area contributed by atoms with E-state index in [2.05, 4.69) is 57.3 Å². The molecule has 2 atom stereocenters. The zero-order valence-corrected chi connectivity index (χ0v) is 15.5. The number of hydrogen-bond donors (Lipinski definition) is 1. The van der Waals surface area contributed by atoms with Crippen LogP contribution in [-0.4, -0.2) is 30.3 Å². The molecule has 7 heteroatoms. The van der Waals surface area contributed by atoms with Gasteiger partial charge >= 0.3 is 0 Å². The van der Waals surface area contributed by atoms with Crippen molar-refractivity contribution in [3.63, 3.8) is 0 Å². The molecule has 0 saturated carbocycles. The highest BCUT2D eigenvalue weighted by molar-refractivity contribution is 9.10. The van der Waals surface area contributed by atoms with E-state index in [0.29, 0.717) is 0 Å². The van der Waals surface area contributed by atoms with Gasteiger partial charge < -0.3 is 10.6 Å². The minimum Gasteiger partial charge on any atom is -0.353 e. The smallest absolute Gasteiger partial charge is 0.208 e. The van der Waals surface area contributed by atoms with Gasteiger partial charge in [0.2, 0.25) is 5.13 Å². The second-order valence-electron chi connectivity index (χ2n) is 4.91. The van der Waals surface area contributed by atoms with Crippen LogP contribution in [0, 0.1) is 0 Å². The van der Waals surface area contributed by atoms with Gasteiger partial charge in [0.05, 0.1) is 5.25 Å². The van der Waals surface area contributed by atoms with E-state index < -0.39 is 0 Å². The molecular weight excluding hydrogens is 368 g/mol. The molecule has 0 aliphatic heterocycles. The van der Waals surface area contributed by atoms with E-state index in [1.807, 2.05) is 19.0 Å². The van der Waals surface area contributed by atoms with Gasteiger partial charge in [-0.05, 0) is 24.1 Å². The fraction of sp³-hybridized carbons (Fsp3) is 0.429. The highest BCUT2D eigenvalue weighted by Gasteiger charge is 2.22. The van der Waals surface area contributed by atoms with Crippen molar-refractivity contribution in [2.45, 2.75) is 29.0 Å². The zero-order valence-electron chi connectivity index (χ0n) is 12.3. The summed E-state index contributed by atoms with van der Waals surface area (Å²) < 4.78 is 2.03. The Labute approximate surface area is 142 Å². The third-order valence-electron chi connectivity index (χ3n) is 3.06. The summed E-state index contributed by atoms with van der Waals surface area (Å²) in [6, 6.07) is 8.42. The van der Waals surface area contributed by atoms with Gasteiger partial charge in [0.1, 0.15) is 0 Å². The van der Waals surface area contributed by atoms with Crippen molar-refractivity contribution in [3.8, 4) is 0 Å². The van der Waals surface area contributed by atoms with Gasteiger partial charge in [0.15, 0.2) is 4.34 Å². The maximum Gasteiger partial charge on any atom is 0.208 e. The third kappa shape index (κ3) is 4.42. The van der Waals surface area contributed by atoms with E-state index in [4.69, 9.17) is 5.73 Å². The summed E-state index contributed by atoms with van der Waals surface area (Å²) in [4.78, 5) is 1.97. The Hall–Kier alpha value is -0.630. The predicted molar refractivity (Wildman–Crippen MR) is 95.2 cm³/mol. The maximum atomic E-state index is 6.32. The number of anilines is 1. The average Bonchev–Trinajstić information content (AvgIpc) is 2.94. The van der Waals surface area contributed by atoms with Gasteiger partial charge in [0.25, 0.3) is 0 Å². The van der Waals surface area contributed by atoms with Gasteiger partial charge in [-0.1, -0.05) is 58.1 Å². The number of halogens is 1. The van der Waals surface area contributed by atoms with E-state index in [1.54, 1.807) is 23.1 Å². The molecule has 1 heterocycles. The van der Waals surface area contributed by atoms with Crippen LogP contribution in [0.3, 0.4) is 0 Å². The Morgan fingerprint density at radius 1 is 1.29 bits per heavy atom. The number of hydrogen-bond acceptors (Lipinski definition) is 6. The molecule has 0 spiro atoms. The molecule has 0 amide bonds. The molecule has 2 unspecified atom stereocenters. The lowest BCUT2D eigenvalue weighted by atomic mass is 10.0. The van der Waals surface area contributed by atoms with Crippen LogP contribution in [0.2, 0.25) is 0 Å². The molecule has 4 nitrogen and oxygen atoms in total. The summed E-state index contributed by atoms with van der Waals surface area (Å²) in [6.07, 6.45) is 0.924. The fourth-order valence-electron chi connectivity index (χ4n) is 1.81. The lowest BCUT2D eigenvalue weighted by molar-refractivity contribution is 0.634. The molecule has 0 radical (unpaired) electrons. The van der Waals surface area contributed by atoms with E-state index in [0.717, 1.165) is 20.4 Å². The van der Waals surface area contributed by atoms with Gasteiger partial charge in [-0.25, -0.2) is 0 Å². The Morgan fingerprint density at radius 2 is 1.95 bits per heavy atom. The average molecular weight is 387 g/mol. The number of rotatable bonds is 6. The predicted octanol–water partition coefficient (Wildman–Crippen LogP) is 3.94. The fourth-order valence-corrected chi connectivity index (χ4v) is 4.27. The van der Waals surface area contributed by atoms with Crippen molar-refractivity contribution in [2.24, 2.45) is 5.73 Å². The molecule has 21 heavy (non-hydrogen) atoms. The first-order valence-electron chi connectivity index (χ1n) is 6.69. The Bertz CT molecular complexity index is 571. The van der Waals surface area contributed by atoms with Crippen molar-refractivity contribution in [3.05, 3.63) is 34.3 Å². The molecule has 2 rings (SSSR count). The summed E-state index contributed by atoms with van der Waals surface area (Å²) in [5.74, 6) is 0. The second kappa shape index (κ2) is 7.58. The van der Waals surface area contributed by atoms with E-state index in [1.165, 1.54) is 5.56 Å². The van der Waals surface area contributed by atoms with Gasteiger partial charge in [-0.15, -0.1) is 10.2 Å². The van der Waals surface area contributed by atoms with Crippen molar-refractivity contribution in [1.82, 2.24) is 10.2 Å². The molecule has 1 aromatic heterocycles. The minimum absolute atomic E-state index is 0.0860. The minimum atomic E-state index is 0.0860. The number of nitrogens with zero attached hydrogens (tertiary/aromatic N) is 3. The molecule has 0 aliphatic rings. The summed E-state index contributed by atoms with van der Waals surface area (Å²) in [7, 11) is 3.94. The highest BCUT2D eigenvalue weighted by Crippen LogP contribution is 2.40. The summed E-state index contributed by atoms with van der Waals surface area (Å²) in [5.41, 5.74) is 7.54. The molecule has 114 valence electrons. The van der Waals surface area contributed by atoms with Crippen molar-refractivity contribution in [1.29, 1.82) is 0 Å². The van der Waals surface area contributed by atoms with Crippen molar-refractivity contribution >= 4 is 44.2 Å². The normalized spacial score (nSPS) is 14.0. The number of benzene rings is 1. The van der Waals surface area contributed by atoms with Crippen LogP contribution >= 0.6 is 39.0 Å². The second-order valence-corrected chi connectivity index (χ2v) is 8.17. The maximum absolute atomic E-state index is 6.32. The van der Waals surface area contributed by atoms with E-state index in [9.17, 15) is 0 Å². The quantitative estimate of drug-likeness (QED) is 0.761. The molecule has 0 saturated heterocycles. The van der Waals surface area contributed by atoms with Crippen LogP contribution in [0.25, 0.3) is 0 Å². The van der Waals surface area contributed by atoms with Crippen LogP contribution in [0.4, 0.5) is 5.13 Å². The third-order valence-corrected chi connectivity index (χ3v) is 6.18. The van der Waals surface area contributed by atoms with Crippen LogP contribution in [0.5, 0.6) is 0 Å². The summed E-state index contributed by atoms with van der Waals surface area (Å²) in [6.45, 7) is 2.11. The van der Waals surface area contributed by atoms with E-state index in [-0.39, 0.29) is 11.3 Å². The Kier molecular flexibility index (Phi) is 6.04. The molecule has 2 aromatic rings. The SMILES string of the molecule is CCC(N)C(Sc1nnc(N(C)C)s1)c1ccc(Br)cc1. The summed E-state index contributed by atoms with van der Waals surface area (Å²) >= 11 is 6.76. The first kappa shape index (κ1) is 16.7. The van der Waals surface area contributed by atoms with Crippen molar-refractivity contribution < 1.29 is 0 Å². The number of aromatic nitrogens is 2. The molecule has 1 aromatic carbocycles. The van der Waals surface area contributed by atoms with Crippen LogP contribution in [-0.2, 0) is 0 Å². The first-order valence-corrected chi connectivity index (χ1v) is 9.18. The number of thioether (sulfide) groups is 1. The Morgan fingerprint density at radius 3 is 2.48 bits per heavy atom. The largest absolute Gasteiger partial charge is 0.353 e.